The second-order valence-electron chi connectivity index (χ2n) is 7.73. The summed E-state index contributed by atoms with van der Waals surface area (Å²) >= 11 is 0. The fraction of sp³-hybridized carbons (Fsp3) is 0.286. The number of ether oxygens (including phenoxy) is 2. The summed E-state index contributed by atoms with van der Waals surface area (Å²) < 4.78 is 12.7. The lowest BCUT2D eigenvalue weighted by Crippen LogP contribution is -2.04. The molecule has 2 nitrogen and oxygen atoms in total. The lowest BCUT2D eigenvalue weighted by molar-refractivity contribution is 0.263. The first-order valence-corrected chi connectivity index (χ1v) is 11.1. The Balaban J connectivity index is 1.98. The van der Waals surface area contributed by atoms with Gasteiger partial charge in [0.15, 0.2) is 11.5 Å². The highest BCUT2D eigenvalue weighted by molar-refractivity contribution is 6.08. The third kappa shape index (κ3) is 4.14. The molecule has 0 atom stereocenters. The molecule has 0 aliphatic rings. The smallest absolute Gasteiger partial charge is 0.169 e. The molecule has 0 saturated carbocycles. The molecule has 4 rings (SSSR count). The minimum atomic E-state index is 0.691. The third-order valence-electron chi connectivity index (χ3n) is 5.53. The molecule has 154 valence electrons. The molecular formula is C28H30O2. The van der Waals surface area contributed by atoms with Gasteiger partial charge >= 0.3 is 0 Å². The summed E-state index contributed by atoms with van der Waals surface area (Å²) in [6, 6.07) is 25.7. The molecule has 0 saturated heterocycles. The van der Waals surface area contributed by atoms with Gasteiger partial charge in [-0.2, -0.15) is 0 Å². The predicted molar refractivity (Wildman–Crippen MR) is 128 cm³/mol. The zero-order chi connectivity index (χ0) is 20.8. The van der Waals surface area contributed by atoms with E-state index in [9.17, 15) is 0 Å². The monoisotopic (exact) mass is 398 g/mol. The van der Waals surface area contributed by atoms with Gasteiger partial charge in [0.05, 0.1) is 13.2 Å². The Morgan fingerprint density at radius 2 is 1.27 bits per heavy atom. The Bertz CT molecular complexity index is 1120. The van der Waals surface area contributed by atoms with E-state index in [4.69, 9.17) is 9.47 Å². The summed E-state index contributed by atoms with van der Waals surface area (Å²) in [6.45, 7) is 5.77. The maximum Gasteiger partial charge on any atom is 0.169 e. The van der Waals surface area contributed by atoms with Crippen molar-refractivity contribution in [2.24, 2.45) is 0 Å². The molecule has 4 aromatic rings. The van der Waals surface area contributed by atoms with E-state index in [1.165, 1.54) is 27.1 Å². The maximum atomic E-state index is 6.43. The molecule has 0 fully saturated rings. The van der Waals surface area contributed by atoms with Crippen LogP contribution < -0.4 is 9.47 Å². The minimum Gasteiger partial charge on any atom is -0.490 e. The molecule has 0 radical (unpaired) electrons. The normalized spacial score (nSPS) is 11.1. The van der Waals surface area contributed by atoms with E-state index in [2.05, 4.69) is 86.6 Å². The second kappa shape index (κ2) is 9.67. The van der Waals surface area contributed by atoms with Crippen LogP contribution in [0.2, 0.25) is 0 Å². The van der Waals surface area contributed by atoms with Crippen molar-refractivity contribution < 1.29 is 9.47 Å². The van der Waals surface area contributed by atoms with Crippen molar-refractivity contribution in [3.8, 4) is 22.6 Å². The highest BCUT2D eigenvalue weighted by Gasteiger charge is 2.19. The van der Waals surface area contributed by atoms with Crippen molar-refractivity contribution in [2.45, 2.75) is 39.5 Å². The Morgan fingerprint density at radius 1 is 0.633 bits per heavy atom. The number of rotatable bonds is 9. The average molecular weight is 399 g/mol. The van der Waals surface area contributed by atoms with E-state index in [0.29, 0.717) is 13.2 Å². The average Bonchev–Trinajstić information content (AvgIpc) is 2.79. The predicted octanol–water partition coefficient (Wildman–Crippen LogP) is 8.02. The van der Waals surface area contributed by atoms with Crippen molar-refractivity contribution in [2.75, 3.05) is 13.2 Å². The molecule has 0 bridgehead atoms. The van der Waals surface area contributed by atoms with Crippen molar-refractivity contribution >= 4 is 21.5 Å². The van der Waals surface area contributed by atoms with Crippen LogP contribution in [0.15, 0.2) is 72.8 Å². The zero-order valence-corrected chi connectivity index (χ0v) is 18.0. The number of hydrogen-bond acceptors (Lipinski definition) is 2. The van der Waals surface area contributed by atoms with Gasteiger partial charge in [-0.05, 0) is 46.0 Å². The van der Waals surface area contributed by atoms with Gasteiger partial charge in [0.25, 0.3) is 0 Å². The number of benzene rings is 4. The molecule has 30 heavy (non-hydrogen) atoms. The fourth-order valence-corrected chi connectivity index (χ4v) is 3.91. The van der Waals surface area contributed by atoms with Gasteiger partial charge in [-0.15, -0.1) is 0 Å². The summed E-state index contributed by atoms with van der Waals surface area (Å²) in [7, 11) is 0. The third-order valence-corrected chi connectivity index (χ3v) is 5.53. The Labute approximate surface area is 179 Å². The van der Waals surface area contributed by atoms with Crippen LogP contribution in [0.1, 0.15) is 39.5 Å². The van der Waals surface area contributed by atoms with Gasteiger partial charge in [-0.25, -0.2) is 0 Å². The standard InChI is InChI=1S/C28H30O2/c1-3-5-18-29-26-20-22-13-8-10-16-24(22)27(28(26)30-19-6-4-2)25-17-11-14-21-12-7-9-15-23(21)25/h7-17,20H,3-6,18-19H2,1-2H3. The first-order valence-electron chi connectivity index (χ1n) is 11.1. The van der Waals surface area contributed by atoms with Gasteiger partial charge < -0.3 is 9.47 Å². The van der Waals surface area contributed by atoms with Crippen LogP contribution >= 0.6 is 0 Å². The molecule has 0 N–H and O–H groups in total. The Kier molecular flexibility index (Phi) is 6.53. The van der Waals surface area contributed by atoms with Gasteiger partial charge in [-0.1, -0.05) is 93.4 Å². The quantitative estimate of drug-likeness (QED) is 0.266. The van der Waals surface area contributed by atoms with Crippen LogP contribution in [0.25, 0.3) is 32.7 Å². The molecule has 0 spiro atoms. The summed E-state index contributed by atoms with van der Waals surface area (Å²) in [6.07, 6.45) is 4.26. The Hall–Kier alpha value is -3.00. The van der Waals surface area contributed by atoms with E-state index < -0.39 is 0 Å². The van der Waals surface area contributed by atoms with Gasteiger partial charge in [0.2, 0.25) is 0 Å². The van der Waals surface area contributed by atoms with E-state index in [-0.39, 0.29) is 0 Å². The van der Waals surface area contributed by atoms with E-state index in [0.717, 1.165) is 42.7 Å². The van der Waals surface area contributed by atoms with Crippen molar-refractivity contribution in [3.63, 3.8) is 0 Å². The SMILES string of the molecule is CCCCOc1cc2ccccc2c(-c2cccc3ccccc23)c1OCCCC. The van der Waals surface area contributed by atoms with Crippen LogP contribution in [0.4, 0.5) is 0 Å². The van der Waals surface area contributed by atoms with Crippen LogP contribution in [0.5, 0.6) is 11.5 Å². The number of fused-ring (bicyclic) bond motifs is 2. The zero-order valence-electron chi connectivity index (χ0n) is 18.0. The fourth-order valence-electron chi connectivity index (χ4n) is 3.91. The van der Waals surface area contributed by atoms with Crippen molar-refractivity contribution in [1.82, 2.24) is 0 Å². The van der Waals surface area contributed by atoms with Crippen LogP contribution in [0.3, 0.4) is 0 Å². The first kappa shape index (κ1) is 20.3. The second-order valence-corrected chi connectivity index (χ2v) is 7.73. The van der Waals surface area contributed by atoms with Crippen LogP contribution in [0, 0.1) is 0 Å². The summed E-state index contributed by atoms with van der Waals surface area (Å²) in [5.41, 5.74) is 2.32. The highest BCUT2D eigenvalue weighted by atomic mass is 16.5. The molecule has 0 amide bonds. The lowest BCUT2D eigenvalue weighted by Gasteiger charge is -2.20. The lowest BCUT2D eigenvalue weighted by atomic mass is 9.92. The topological polar surface area (TPSA) is 18.5 Å². The van der Waals surface area contributed by atoms with Gasteiger partial charge in [0, 0.05) is 5.56 Å². The number of hydrogen-bond donors (Lipinski definition) is 0. The number of unbranched alkanes of at least 4 members (excludes halogenated alkanes) is 2. The maximum absolute atomic E-state index is 6.43. The molecule has 0 unspecified atom stereocenters. The Morgan fingerprint density at radius 3 is 2.03 bits per heavy atom. The van der Waals surface area contributed by atoms with Crippen LogP contribution in [-0.4, -0.2) is 13.2 Å². The molecular weight excluding hydrogens is 368 g/mol. The van der Waals surface area contributed by atoms with Crippen molar-refractivity contribution in [1.29, 1.82) is 0 Å². The summed E-state index contributed by atoms with van der Waals surface area (Å²) in [5.74, 6) is 1.72. The van der Waals surface area contributed by atoms with Gasteiger partial charge in [0.1, 0.15) is 0 Å². The molecule has 0 heterocycles. The first-order chi connectivity index (χ1) is 14.8. The molecule has 0 aliphatic carbocycles. The van der Waals surface area contributed by atoms with Crippen LogP contribution in [-0.2, 0) is 0 Å². The molecule has 0 aliphatic heterocycles. The summed E-state index contributed by atoms with van der Waals surface area (Å²) in [5, 5.41) is 4.84. The minimum absolute atomic E-state index is 0.691. The highest BCUT2D eigenvalue weighted by Crippen LogP contribution is 2.46. The van der Waals surface area contributed by atoms with E-state index in [1.54, 1.807) is 0 Å². The molecule has 0 aromatic heterocycles. The molecule has 4 aromatic carbocycles. The molecule has 2 heteroatoms. The van der Waals surface area contributed by atoms with E-state index in [1.807, 2.05) is 0 Å². The summed E-state index contributed by atoms with van der Waals surface area (Å²) in [4.78, 5) is 0. The van der Waals surface area contributed by atoms with Gasteiger partial charge in [-0.3, -0.25) is 0 Å². The van der Waals surface area contributed by atoms with Crippen molar-refractivity contribution in [3.05, 3.63) is 72.8 Å². The largest absolute Gasteiger partial charge is 0.490 e. The van der Waals surface area contributed by atoms with E-state index >= 15 is 0 Å².